The van der Waals surface area contributed by atoms with E-state index in [2.05, 4.69) is 15.5 Å². The highest BCUT2D eigenvalue weighted by atomic mass is 19.4. The molecule has 0 saturated heterocycles. The fourth-order valence-corrected chi connectivity index (χ4v) is 4.19. The number of nitrogens with zero attached hydrogens (tertiary/aromatic N) is 5. The highest BCUT2D eigenvalue weighted by Crippen LogP contribution is 2.33. The van der Waals surface area contributed by atoms with E-state index >= 15 is 0 Å². The molecule has 0 fully saturated rings. The van der Waals surface area contributed by atoms with Gasteiger partial charge in [0.2, 0.25) is 0 Å². The van der Waals surface area contributed by atoms with Crippen molar-refractivity contribution in [3.05, 3.63) is 46.5 Å². The lowest BCUT2D eigenvalue weighted by atomic mass is 9.99. The van der Waals surface area contributed by atoms with E-state index < -0.39 is 48.6 Å². The smallest absolute Gasteiger partial charge is 0.369 e. The standard InChI is InChI=1S/C22H22F6N6O3/c1-11-5-17-14(8-33(11)21(36)29-12-3-4-16(23)15(6-12)22(26,27)28)19-20(35)32(2)30-13(7-34(19)31-17)9-37-10-18(24)25/h3-4,6,11,18H,5,7-10H2,1-2H3,(H,29,36). The van der Waals surface area contributed by atoms with Crippen molar-refractivity contribution in [3.8, 4) is 0 Å². The van der Waals surface area contributed by atoms with E-state index in [-0.39, 0.29) is 43.2 Å². The minimum Gasteiger partial charge on any atom is -0.369 e. The van der Waals surface area contributed by atoms with Crippen LogP contribution >= 0.6 is 0 Å². The maximum atomic E-state index is 13.6. The normalized spacial score (nSPS) is 17.9. The van der Waals surface area contributed by atoms with Crippen LogP contribution in [0.25, 0.3) is 0 Å². The number of halogens is 6. The Balaban J connectivity index is 1.55. The molecule has 0 saturated carbocycles. The van der Waals surface area contributed by atoms with E-state index in [9.17, 15) is 35.9 Å². The number of benzene rings is 1. The third kappa shape index (κ3) is 5.55. The third-order valence-corrected chi connectivity index (χ3v) is 5.90. The van der Waals surface area contributed by atoms with E-state index in [0.29, 0.717) is 23.4 Å². The van der Waals surface area contributed by atoms with Crippen molar-refractivity contribution in [1.29, 1.82) is 0 Å². The van der Waals surface area contributed by atoms with Crippen LogP contribution in [0.2, 0.25) is 0 Å². The Morgan fingerprint density at radius 1 is 1.27 bits per heavy atom. The van der Waals surface area contributed by atoms with Crippen molar-refractivity contribution in [1.82, 2.24) is 19.7 Å². The molecule has 0 aliphatic carbocycles. The van der Waals surface area contributed by atoms with Crippen LogP contribution in [-0.4, -0.2) is 70.1 Å². The molecule has 0 bridgehead atoms. The molecule has 3 amide bonds. The molecule has 37 heavy (non-hydrogen) atoms. The number of hydrogen-bond donors (Lipinski definition) is 1. The number of carbonyl (C=O) groups is 2. The predicted octanol–water partition coefficient (Wildman–Crippen LogP) is 3.74. The number of nitrogens with one attached hydrogen (secondary N) is 1. The number of fused-ring (bicyclic) bond motifs is 3. The number of rotatable bonds is 5. The first-order valence-electron chi connectivity index (χ1n) is 11.1. The molecule has 200 valence electrons. The second-order valence-corrected chi connectivity index (χ2v) is 8.64. The number of ether oxygens (including phenoxy) is 1. The summed E-state index contributed by atoms with van der Waals surface area (Å²) >= 11 is 0. The lowest BCUT2D eigenvalue weighted by Gasteiger charge is -2.33. The zero-order chi connectivity index (χ0) is 27.1. The van der Waals surface area contributed by atoms with Gasteiger partial charge in [0.05, 0.1) is 36.7 Å². The molecule has 9 nitrogen and oxygen atoms in total. The Kier molecular flexibility index (Phi) is 7.17. The monoisotopic (exact) mass is 532 g/mol. The minimum absolute atomic E-state index is 0.00196. The summed E-state index contributed by atoms with van der Waals surface area (Å²) in [7, 11) is 1.38. The van der Waals surface area contributed by atoms with Crippen LogP contribution in [0.5, 0.6) is 0 Å². The van der Waals surface area contributed by atoms with E-state index in [1.165, 1.54) is 16.6 Å². The number of alkyl halides is 5. The Labute approximate surface area is 206 Å². The molecule has 3 heterocycles. The Hall–Kier alpha value is -3.62. The first kappa shape index (κ1) is 26.4. The van der Waals surface area contributed by atoms with Crippen LogP contribution in [0, 0.1) is 5.82 Å². The van der Waals surface area contributed by atoms with Gasteiger partial charge in [-0.15, -0.1) is 0 Å². The second kappa shape index (κ2) is 10.0. The molecule has 1 atom stereocenters. The topological polar surface area (TPSA) is 92.1 Å². The van der Waals surface area contributed by atoms with E-state index in [4.69, 9.17) is 4.74 Å². The molecule has 2 aliphatic rings. The lowest BCUT2D eigenvalue weighted by molar-refractivity contribution is -0.139. The van der Waals surface area contributed by atoms with Gasteiger partial charge in [0, 0.05) is 30.8 Å². The van der Waals surface area contributed by atoms with Gasteiger partial charge in [-0.1, -0.05) is 0 Å². The van der Waals surface area contributed by atoms with Gasteiger partial charge in [0.15, 0.2) is 0 Å². The Morgan fingerprint density at radius 2 is 2.00 bits per heavy atom. The number of aromatic nitrogens is 2. The molecular formula is C22H22F6N6O3. The summed E-state index contributed by atoms with van der Waals surface area (Å²) in [5, 5.41) is 12.0. The molecule has 2 aromatic rings. The molecule has 1 N–H and O–H groups in total. The third-order valence-electron chi connectivity index (χ3n) is 5.90. The summed E-state index contributed by atoms with van der Waals surface area (Å²) in [5.74, 6) is -2.01. The zero-order valence-corrected chi connectivity index (χ0v) is 19.7. The van der Waals surface area contributed by atoms with E-state index in [1.807, 2.05) is 0 Å². The van der Waals surface area contributed by atoms with Gasteiger partial charge in [-0.05, 0) is 25.1 Å². The van der Waals surface area contributed by atoms with Crippen molar-refractivity contribution in [3.63, 3.8) is 0 Å². The summed E-state index contributed by atoms with van der Waals surface area (Å²) in [6.45, 7) is 0.589. The largest absolute Gasteiger partial charge is 0.419 e. The van der Waals surface area contributed by atoms with Crippen molar-refractivity contribution in [2.24, 2.45) is 5.10 Å². The Bertz CT molecular complexity index is 1240. The molecular weight excluding hydrogens is 510 g/mol. The summed E-state index contributed by atoms with van der Waals surface area (Å²) in [6.07, 6.45) is -7.36. The minimum atomic E-state index is -4.94. The molecule has 1 aromatic heterocycles. The van der Waals surface area contributed by atoms with Gasteiger partial charge >= 0.3 is 12.2 Å². The van der Waals surface area contributed by atoms with Gasteiger partial charge < -0.3 is 15.0 Å². The molecule has 0 radical (unpaired) electrons. The summed E-state index contributed by atoms with van der Waals surface area (Å²) in [4.78, 5) is 27.4. The lowest BCUT2D eigenvalue weighted by Crippen LogP contribution is -2.45. The highest BCUT2D eigenvalue weighted by Gasteiger charge is 2.37. The SMILES string of the molecule is CC1Cc2nn3c(c2CN1C(=O)Nc1ccc(F)c(C(F)(F)F)c1)C(=O)N(C)N=C(COCC(F)F)C3. The average Bonchev–Trinajstić information content (AvgIpc) is 3.08. The average molecular weight is 532 g/mol. The number of urea groups is 1. The second-order valence-electron chi connectivity index (χ2n) is 8.64. The summed E-state index contributed by atoms with van der Waals surface area (Å²) in [5.41, 5.74) is -0.341. The van der Waals surface area contributed by atoms with Crippen molar-refractivity contribution in [2.45, 2.75) is 45.1 Å². The van der Waals surface area contributed by atoms with Crippen LogP contribution in [0.4, 0.5) is 36.8 Å². The number of carbonyl (C=O) groups excluding carboxylic acids is 2. The molecule has 4 rings (SSSR count). The Morgan fingerprint density at radius 3 is 2.68 bits per heavy atom. The van der Waals surface area contributed by atoms with Crippen LogP contribution in [0.3, 0.4) is 0 Å². The molecule has 15 heteroatoms. The molecule has 1 unspecified atom stereocenters. The van der Waals surface area contributed by atoms with Gasteiger partial charge in [0.1, 0.15) is 18.1 Å². The predicted molar refractivity (Wildman–Crippen MR) is 118 cm³/mol. The van der Waals surface area contributed by atoms with Crippen molar-refractivity contribution in [2.75, 3.05) is 25.6 Å². The highest BCUT2D eigenvalue weighted by molar-refractivity contribution is 5.98. The fourth-order valence-electron chi connectivity index (χ4n) is 4.19. The number of amides is 3. The first-order chi connectivity index (χ1) is 17.3. The number of hydrazone groups is 1. The zero-order valence-electron chi connectivity index (χ0n) is 19.7. The fraction of sp³-hybridized carbons (Fsp3) is 0.455. The van der Waals surface area contributed by atoms with Crippen LogP contribution < -0.4 is 5.32 Å². The maximum Gasteiger partial charge on any atom is 0.419 e. The maximum absolute atomic E-state index is 13.6. The summed E-state index contributed by atoms with van der Waals surface area (Å²) < 4.78 is 83.9. The van der Waals surface area contributed by atoms with Gasteiger partial charge in [-0.2, -0.15) is 23.4 Å². The molecule has 0 spiro atoms. The van der Waals surface area contributed by atoms with E-state index in [0.717, 1.165) is 11.1 Å². The van der Waals surface area contributed by atoms with Gasteiger partial charge in [0.25, 0.3) is 12.3 Å². The summed E-state index contributed by atoms with van der Waals surface area (Å²) in [6, 6.07) is 0.952. The van der Waals surface area contributed by atoms with Crippen molar-refractivity contribution >= 4 is 23.3 Å². The molecule has 2 aliphatic heterocycles. The van der Waals surface area contributed by atoms with Crippen LogP contribution in [-0.2, 0) is 30.4 Å². The van der Waals surface area contributed by atoms with Crippen LogP contribution in [0.1, 0.15) is 34.2 Å². The molecule has 1 aromatic carbocycles. The number of hydrogen-bond acceptors (Lipinski definition) is 5. The van der Waals surface area contributed by atoms with Gasteiger partial charge in [-0.3, -0.25) is 9.48 Å². The first-order valence-corrected chi connectivity index (χ1v) is 11.1. The quantitative estimate of drug-likeness (QED) is 0.594. The van der Waals surface area contributed by atoms with Crippen LogP contribution in [0.15, 0.2) is 23.3 Å². The van der Waals surface area contributed by atoms with Crippen molar-refractivity contribution < 1.29 is 40.7 Å². The van der Waals surface area contributed by atoms with Gasteiger partial charge in [-0.25, -0.2) is 23.0 Å². The van der Waals surface area contributed by atoms with E-state index in [1.54, 1.807) is 6.92 Å². The number of anilines is 1.